The van der Waals surface area contributed by atoms with Crippen LogP contribution in [0.1, 0.15) is 11.1 Å². The highest BCUT2D eigenvalue weighted by Crippen LogP contribution is 2.17. The first-order chi connectivity index (χ1) is 9.50. The van der Waals surface area contributed by atoms with Crippen molar-refractivity contribution < 1.29 is 8.42 Å². The maximum absolute atomic E-state index is 12.1. The summed E-state index contributed by atoms with van der Waals surface area (Å²) in [5.41, 5.74) is 2.26. The number of rotatable bonds is 5. The Labute approximate surface area is 123 Å². The molecule has 1 aromatic carbocycles. The highest BCUT2D eigenvalue weighted by Gasteiger charge is 2.17. The lowest BCUT2D eigenvalue weighted by Gasteiger charge is -2.09. The summed E-state index contributed by atoms with van der Waals surface area (Å²) in [4.78, 5) is 3.78. The van der Waals surface area contributed by atoms with Crippen LogP contribution in [0.3, 0.4) is 0 Å². The van der Waals surface area contributed by atoms with Crippen molar-refractivity contribution in [3.05, 3.63) is 58.9 Å². The fourth-order valence-electron chi connectivity index (χ4n) is 1.86. The minimum Gasteiger partial charge on any atom is -0.243 e. The zero-order chi connectivity index (χ0) is 14.6. The lowest BCUT2D eigenvalue weighted by molar-refractivity contribution is 0.581. The molecule has 0 fully saturated rings. The third-order valence-corrected chi connectivity index (χ3v) is 4.87. The lowest BCUT2D eigenvalue weighted by atomic mass is 10.1. The molecule has 1 aromatic heterocycles. The molecule has 2 rings (SSSR count). The van der Waals surface area contributed by atoms with E-state index in [1.54, 1.807) is 6.07 Å². The average Bonchev–Trinajstić information content (AvgIpc) is 2.41. The van der Waals surface area contributed by atoms with E-state index < -0.39 is 10.0 Å². The lowest BCUT2D eigenvalue weighted by Crippen LogP contribution is -2.26. The molecule has 1 heterocycles. The van der Waals surface area contributed by atoms with Gasteiger partial charge in [-0.25, -0.2) is 18.1 Å². The van der Waals surface area contributed by atoms with Crippen molar-refractivity contribution in [1.82, 2.24) is 9.71 Å². The second-order valence-corrected chi connectivity index (χ2v) is 6.46. The average molecular weight is 311 g/mol. The normalized spacial score (nSPS) is 11.5. The van der Waals surface area contributed by atoms with Crippen molar-refractivity contribution >= 4 is 21.6 Å². The zero-order valence-electron chi connectivity index (χ0n) is 11.0. The van der Waals surface area contributed by atoms with Gasteiger partial charge in [0.15, 0.2) is 0 Å². The van der Waals surface area contributed by atoms with Gasteiger partial charge in [0, 0.05) is 12.7 Å². The van der Waals surface area contributed by atoms with E-state index in [1.807, 2.05) is 31.2 Å². The van der Waals surface area contributed by atoms with Gasteiger partial charge in [-0.3, -0.25) is 0 Å². The van der Waals surface area contributed by atoms with Gasteiger partial charge < -0.3 is 0 Å². The molecule has 0 radical (unpaired) electrons. The van der Waals surface area contributed by atoms with Crippen LogP contribution in [0.15, 0.2) is 47.5 Å². The fraction of sp³-hybridized carbons (Fsp3) is 0.214. The number of hydrogen-bond acceptors (Lipinski definition) is 3. The summed E-state index contributed by atoms with van der Waals surface area (Å²) < 4.78 is 26.7. The molecule has 0 aliphatic carbocycles. The number of benzene rings is 1. The topological polar surface area (TPSA) is 59.1 Å². The van der Waals surface area contributed by atoms with Gasteiger partial charge in [-0.15, -0.1) is 0 Å². The Hall–Kier alpha value is -1.43. The molecule has 1 N–H and O–H groups in total. The van der Waals surface area contributed by atoms with Crippen LogP contribution in [0.2, 0.25) is 5.15 Å². The second-order valence-electron chi connectivity index (χ2n) is 4.37. The zero-order valence-corrected chi connectivity index (χ0v) is 12.6. The Bertz CT molecular complexity index is 702. The smallest absolute Gasteiger partial charge is 0.243 e. The van der Waals surface area contributed by atoms with E-state index in [0.29, 0.717) is 13.0 Å². The van der Waals surface area contributed by atoms with Crippen LogP contribution >= 0.6 is 11.6 Å². The number of sulfonamides is 1. The molecule has 0 spiro atoms. The highest BCUT2D eigenvalue weighted by molar-refractivity contribution is 7.89. The number of hydrogen-bond donors (Lipinski definition) is 1. The number of halogens is 1. The van der Waals surface area contributed by atoms with Gasteiger partial charge in [-0.1, -0.05) is 35.9 Å². The largest absolute Gasteiger partial charge is 0.243 e. The van der Waals surface area contributed by atoms with Crippen LogP contribution in [-0.2, 0) is 16.4 Å². The van der Waals surface area contributed by atoms with Crippen LogP contribution in [0, 0.1) is 6.92 Å². The van der Waals surface area contributed by atoms with Gasteiger partial charge in [0.25, 0.3) is 0 Å². The quantitative estimate of drug-likeness (QED) is 0.863. The number of pyridine rings is 1. The standard InChI is InChI=1S/C14H15ClN2O2S/c1-11-5-2-3-6-12(11)8-10-17-20(18,19)13-7-4-9-16-14(13)15/h2-7,9,17H,8,10H2,1H3. The van der Waals surface area contributed by atoms with E-state index in [-0.39, 0.29) is 10.0 Å². The minimum atomic E-state index is -3.62. The summed E-state index contributed by atoms with van der Waals surface area (Å²) in [5.74, 6) is 0. The summed E-state index contributed by atoms with van der Waals surface area (Å²) >= 11 is 5.80. The van der Waals surface area contributed by atoms with E-state index in [9.17, 15) is 8.42 Å². The number of aromatic nitrogens is 1. The first-order valence-electron chi connectivity index (χ1n) is 6.15. The van der Waals surface area contributed by atoms with Gasteiger partial charge in [0.1, 0.15) is 10.0 Å². The maximum Gasteiger partial charge on any atom is 0.243 e. The van der Waals surface area contributed by atoms with Crippen molar-refractivity contribution in [2.24, 2.45) is 0 Å². The molecule has 0 amide bonds. The first-order valence-corrected chi connectivity index (χ1v) is 8.01. The molecular weight excluding hydrogens is 296 g/mol. The highest BCUT2D eigenvalue weighted by atomic mass is 35.5. The number of nitrogens with zero attached hydrogens (tertiary/aromatic N) is 1. The first kappa shape index (κ1) is 15.0. The molecule has 0 unspecified atom stereocenters. The fourth-order valence-corrected chi connectivity index (χ4v) is 3.34. The molecule has 0 aliphatic rings. The predicted octanol–water partition coefficient (Wildman–Crippen LogP) is 2.56. The molecule has 0 saturated heterocycles. The van der Waals surface area contributed by atoms with Crippen molar-refractivity contribution in [2.45, 2.75) is 18.2 Å². The summed E-state index contributed by atoms with van der Waals surface area (Å²) in [7, 11) is -3.62. The van der Waals surface area contributed by atoms with E-state index >= 15 is 0 Å². The SMILES string of the molecule is Cc1ccccc1CCNS(=O)(=O)c1cccnc1Cl. The van der Waals surface area contributed by atoms with Crippen molar-refractivity contribution in [1.29, 1.82) is 0 Å². The van der Waals surface area contributed by atoms with Crippen LogP contribution < -0.4 is 4.72 Å². The maximum atomic E-state index is 12.1. The van der Waals surface area contributed by atoms with Crippen molar-refractivity contribution in [2.75, 3.05) is 6.54 Å². The molecule has 4 nitrogen and oxygen atoms in total. The summed E-state index contributed by atoms with van der Waals surface area (Å²) in [5, 5.41) is -0.0177. The Morgan fingerprint density at radius 2 is 1.95 bits per heavy atom. The van der Waals surface area contributed by atoms with Crippen molar-refractivity contribution in [3.8, 4) is 0 Å². The van der Waals surface area contributed by atoms with E-state index in [4.69, 9.17) is 11.6 Å². The van der Waals surface area contributed by atoms with Crippen LogP contribution in [0.25, 0.3) is 0 Å². The number of aryl methyl sites for hydroxylation is 1. The van der Waals surface area contributed by atoms with Crippen LogP contribution in [0.4, 0.5) is 0 Å². The van der Waals surface area contributed by atoms with E-state index in [2.05, 4.69) is 9.71 Å². The van der Waals surface area contributed by atoms with Crippen LogP contribution in [0.5, 0.6) is 0 Å². The number of nitrogens with one attached hydrogen (secondary N) is 1. The van der Waals surface area contributed by atoms with Crippen molar-refractivity contribution in [3.63, 3.8) is 0 Å². The molecule has 2 aromatic rings. The summed E-state index contributed by atoms with van der Waals surface area (Å²) in [6.07, 6.45) is 2.08. The van der Waals surface area contributed by atoms with Gasteiger partial charge >= 0.3 is 0 Å². The van der Waals surface area contributed by atoms with Gasteiger partial charge in [0.2, 0.25) is 10.0 Å². The van der Waals surface area contributed by atoms with E-state index in [0.717, 1.165) is 11.1 Å². The molecule has 6 heteroatoms. The minimum absolute atomic E-state index is 0.00597. The van der Waals surface area contributed by atoms with E-state index in [1.165, 1.54) is 12.3 Å². The monoisotopic (exact) mass is 310 g/mol. The Kier molecular flexibility index (Phi) is 4.75. The Morgan fingerprint density at radius 3 is 2.65 bits per heavy atom. The Balaban J connectivity index is 2.04. The molecule has 0 aliphatic heterocycles. The molecule has 20 heavy (non-hydrogen) atoms. The molecule has 0 saturated carbocycles. The summed E-state index contributed by atoms with van der Waals surface area (Å²) in [6.45, 7) is 2.32. The molecule has 106 valence electrons. The van der Waals surface area contributed by atoms with Gasteiger partial charge in [-0.05, 0) is 36.6 Å². The Morgan fingerprint density at radius 1 is 1.20 bits per heavy atom. The van der Waals surface area contributed by atoms with Gasteiger partial charge in [0.05, 0.1) is 0 Å². The molecule has 0 atom stereocenters. The third kappa shape index (κ3) is 3.56. The second kappa shape index (κ2) is 6.35. The van der Waals surface area contributed by atoms with Crippen LogP contribution in [-0.4, -0.2) is 19.9 Å². The summed E-state index contributed by atoms with van der Waals surface area (Å²) in [6, 6.07) is 10.9. The predicted molar refractivity (Wildman–Crippen MR) is 79.3 cm³/mol. The molecule has 0 bridgehead atoms. The molecular formula is C14H15ClN2O2S. The third-order valence-electron chi connectivity index (χ3n) is 2.96. The van der Waals surface area contributed by atoms with Gasteiger partial charge in [-0.2, -0.15) is 0 Å².